The van der Waals surface area contributed by atoms with Crippen LogP contribution in [0.3, 0.4) is 0 Å². The van der Waals surface area contributed by atoms with Gasteiger partial charge in [-0.3, -0.25) is 0 Å². The molecule has 0 radical (unpaired) electrons. The van der Waals surface area contributed by atoms with E-state index in [-0.39, 0.29) is 6.04 Å². The third-order valence-electron chi connectivity index (χ3n) is 5.52. The van der Waals surface area contributed by atoms with Gasteiger partial charge in [-0.05, 0) is 24.1 Å². The van der Waals surface area contributed by atoms with Gasteiger partial charge < -0.3 is 15.0 Å². The van der Waals surface area contributed by atoms with E-state index in [1.807, 2.05) is 36.7 Å². The van der Waals surface area contributed by atoms with Crippen LogP contribution in [0.5, 0.6) is 0 Å². The summed E-state index contributed by atoms with van der Waals surface area (Å²) in [5, 5.41) is 0. The van der Waals surface area contributed by atoms with Crippen molar-refractivity contribution in [2.75, 3.05) is 18.0 Å². The first-order valence-corrected chi connectivity index (χ1v) is 9.69. The van der Waals surface area contributed by atoms with Crippen LogP contribution in [0, 0.1) is 13.5 Å². The van der Waals surface area contributed by atoms with Crippen molar-refractivity contribution in [2.24, 2.45) is 5.73 Å². The Morgan fingerprint density at radius 3 is 2.38 bits per heavy atom. The van der Waals surface area contributed by atoms with Crippen LogP contribution in [0.4, 0.5) is 11.5 Å². The molecule has 3 heterocycles. The maximum Gasteiger partial charge on any atom is 0.187 e. The van der Waals surface area contributed by atoms with Crippen molar-refractivity contribution in [1.82, 2.24) is 9.38 Å². The van der Waals surface area contributed by atoms with Gasteiger partial charge in [-0.1, -0.05) is 54.1 Å². The highest BCUT2D eigenvalue weighted by Gasteiger charge is 2.27. The molecular formula is C24H21N5. The lowest BCUT2D eigenvalue weighted by atomic mass is 10.0. The van der Waals surface area contributed by atoms with Crippen LogP contribution < -0.4 is 10.6 Å². The molecule has 0 atom stereocenters. The summed E-state index contributed by atoms with van der Waals surface area (Å²) in [7, 11) is 0. The number of aryl methyl sites for hydroxylation is 1. The molecule has 2 aromatic carbocycles. The fourth-order valence-electron chi connectivity index (χ4n) is 3.96. The van der Waals surface area contributed by atoms with E-state index in [0.717, 1.165) is 46.8 Å². The number of rotatable bonds is 3. The molecule has 1 aliphatic rings. The topological polar surface area (TPSA) is 50.9 Å². The number of nitrogens with two attached hydrogens (primary N) is 1. The van der Waals surface area contributed by atoms with Crippen LogP contribution in [0.2, 0.25) is 0 Å². The number of benzene rings is 2. The van der Waals surface area contributed by atoms with E-state index in [1.165, 1.54) is 5.56 Å². The molecule has 0 aliphatic carbocycles. The van der Waals surface area contributed by atoms with Crippen molar-refractivity contribution in [3.8, 4) is 22.4 Å². The Hall–Kier alpha value is -3.62. The minimum Gasteiger partial charge on any atom is -0.352 e. The minimum atomic E-state index is 0.212. The van der Waals surface area contributed by atoms with Crippen LogP contribution >= 0.6 is 0 Å². The maximum atomic E-state index is 7.22. The van der Waals surface area contributed by atoms with Crippen LogP contribution in [0.15, 0.2) is 67.0 Å². The zero-order valence-corrected chi connectivity index (χ0v) is 16.2. The van der Waals surface area contributed by atoms with Gasteiger partial charge >= 0.3 is 0 Å². The predicted octanol–water partition coefficient (Wildman–Crippen LogP) is 4.67. The first-order valence-electron chi connectivity index (χ1n) is 9.69. The van der Waals surface area contributed by atoms with Crippen molar-refractivity contribution >= 4 is 17.0 Å². The smallest absolute Gasteiger partial charge is 0.187 e. The lowest BCUT2D eigenvalue weighted by Gasteiger charge is -2.38. The summed E-state index contributed by atoms with van der Waals surface area (Å²) in [6.07, 6.45) is 3.88. The average molecular weight is 379 g/mol. The van der Waals surface area contributed by atoms with E-state index < -0.39 is 0 Å². The monoisotopic (exact) mass is 379 g/mol. The Labute approximate surface area is 169 Å². The van der Waals surface area contributed by atoms with Crippen molar-refractivity contribution in [2.45, 2.75) is 13.0 Å². The Bertz CT molecular complexity index is 1220. The Kier molecular flexibility index (Phi) is 4.08. The average Bonchev–Trinajstić information content (AvgIpc) is 3.12. The van der Waals surface area contributed by atoms with Crippen LogP contribution in [-0.4, -0.2) is 28.5 Å². The van der Waals surface area contributed by atoms with Gasteiger partial charge in [-0.15, -0.1) is 0 Å². The fraction of sp³-hybridized carbons (Fsp3) is 0.167. The molecule has 2 aromatic heterocycles. The van der Waals surface area contributed by atoms with Crippen molar-refractivity contribution in [1.29, 1.82) is 0 Å². The fourth-order valence-corrected chi connectivity index (χ4v) is 3.96. The molecule has 1 aliphatic heterocycles. The van der Waals surface area contributed by atoms with Gasteiger partial charge in [0.25, 0.3) is 0 Å². The van der Waals surface area contributed by atoms with E-state index >= 15 is 0 Å². The molecule has 0 amide bonds. The van der Waals surface area contributed by atoms with Gasteiger partial charge in [0.15, 0.2) is 11.5 Å². The first kappa shape index (κ1) is 17.5. The third-order valence-corrected chi connectivity index (χ3v) is 5.52. The van der Waals surface area contributed by atoms with Gasteiger partial charge in [0.05, 0.1) is 17.8 Å². The summed E-state index contributed by atoms with van der Waals surface area (Å²) in [5.41, 5.74) is 13.4. The SMILES string of the molecule is [C-]#[N+]c1ccc(-c2cc3c(N4CC(N)C4)nccn3c2-c2ccc(C)cc2)cc1. The lowest BCUT2D eigenvalue weighted by Crippen LogP contribution is -2.56. The molecule has 4 aromatic rings. The summed E-state index contributed by atoms with van der Waals surface area (Å²) in [6.45, 7) is 11.0. The van der Waals surface area contributed by atoms with E-state index in [9.17, 15) is 0 Å². The van der Waals surface area contributed by atoms with Gasteiger partial charge in [-0.25, -0.2) is 9.83 Å². The van der Waals surface area contributed by atoms with E-state index in [4.69, 9.17) is 12.3 Å². The molecule has 0 unspecified atom stereocenters. The largest absolute Gasteiger partial charge is 0.352 e. The minimum absolute atomic E-state index is 0.212. The van der Waals surface area contributed by atoms with Gasteiger partial charge in [0.2, 0.25) is 0 Å². The second-order valence-corrected chi connectivity index (χ2v) is 7.60. The zero-order valence-electron chi connectivity index (χ0n) is 16.2. The normalized spacial score (nSPS) is 14.0. The molecule has 5 nitrogen and oxygen atoms in total. The summed E-state index contributed by atoms with van der Waals surface area (Å²) in [5.74, 6) is 0.964. The molecule has 1 saturated heterocycles. The Morgan fingerprint density at radius 1 is 1.03 bits per heavy atom. The molecular weight excluding hydrogens is 358 g/mol. The number of aromatic nitrogens is 2. The molecule has 29 heavy (non-hydrogen) atoms. The second-order valence-electron chi connectivity index (χ2n) is 7.60. The number of nitrogens with zero attached hydrogens (tertiary/aromatic N) is 4. The summed E-state index contributed by atoms with van der Waals surface area (Å²) >= 11 is 0. The highest BCUT2D eigenvalue weighted by Crippen LogP contribution is 2.38. The molecule has 0 saturated carbocycles. The van der Waals surface area contributed by atoms with Crippen molar-refractivity contribution < 1.29 is 0 Å². The molecule has 142 valence electrons. The molecule has 5 heteroatoms. The number of anilines is 1. The molecule has 0 bridgehead atoms. The Balaban J connectivity index is 1.75. The van der Waals surface area contributed by atoms with Gasteiger partial charge in [0.1, 0.15) is 0 Å². The third kappa shape index (κ3) is 2.95. The van der Waals surface area contributed by atoms with Crippen LogP contribution in [0.1, 0.15) is 5.56 Å². The maximum absolute atomic E-state index is 7.22. The molecule has 2 N–H and O–H groups in total. The predicted molar refractivity (Wildman–Crippen MR) is 117 cm³/mol. The standard InChI is InChI=1S/C24H21N5/c1-16-3-5-18(6-4-16)23-21(17-7-9-20(26-2)10-8-17)13-22-24(27-11-12-29(22)23)28-14-19(25)15-28/h3-13,19H,14-15,25H2,1H3. The van der Waals surface area contributed by atoms with Crippen LogP contribution in [-0.2, 0) is 0 Å². The van der Waals surface area contributed by atoms with E-state index in [2.05, 4.69) is 56.4 Å². The molecule has 5 rings (SSSR count). The summed E-state index contributed by atoms with van der Waals surface area (Å²) in [4.78, 5) is 10.4. The highest BCUT2D eigenvalue weighted by atomic mass is 15.3. The quantitative estimate of drug-likeness (QED) is 0.526. The van der Waals surface area contributed by atoms with Crippen LogP contribution in [0.25, 0.3) is 32.7 Å². The lowest BCUT2D eigenvalue weighted by molar-refractivity contribution is 0.515. The highest BCUT2D eigenvalue weighted by molar-refractivity contribution is 5.90. The summed E-state index contributed by atoms with van der Waals surface area (Å²) in [6, 6.07) is 18.8. The van der Waals surface area contributed by atoms with Crippen molar-refractivity contribution in [3.63, 3.8) is 0 Å². The van der Waals surface area contributed by atoms with Gasteiger partial charge in [-0.2, -0.15) is 0 Å². The molecule has 0 spiro atoms. The first-order chi connectivity index (χ1) is 14.1. The van der Waals surface area contributed by atoms with Gasteiger partial charge in [0, 0.05) is 37.1 Å². The number of fused-ring (bicyclic) bond motifs is 1. The number of hydrogen-bond acceptors (Lipinski definition) is 3. The summed E-state index contributed by atoms with van der Waals surface area (Å²) < 4.78 is 2.22. The number of hydrogen-bond donors (Lipinski definition) is 1. The Morgan fingerprint density at radius 2 is 1.72 bits per heavy atom. The second kappa shape index (κ2) is 6.77. The van der Waals surface area contributed by atoms with E-state index in [1.54, 1.807) is 0 Å². The zero-order chi connectivity index (χ0) is 20.0. The van der Waals surface area contributed by atoms with E-state index in [0.29, 0.717) is 5.69 Å². The molecule has 1 fully saturated rings. The van der Waals surface area contributed by atoms with Crippen molar-refractivity contribution in [3.05, 3.63) is 84.0 Å².